The van der Waals surface area contributed by atoms with Gasteiger partial charge in [-0.15, -0.1) is 0 Å². The molecule has 0 heterocycles. The van der Waals surface area contributed by atoms with Crippen LogP contribution in [0, 0.1) is 5.82 Å². The maximum atomic E-state index is 14.2. The minimum atomic E-state index is -0.592. The zero-order valence-electron chi connectivity index (χ0n) is 16.9. The first-order valence-electron chi connectivity index (χ1n) is 9.78. The van der Waals surface area contributed by atoms with Crippen LogP contribution in [0.3, 0.4) is 0 Å². The summed E-state index contributed by atoms with van der Waals surface area (Å²) in [6, 6.07) is 13.9. The molecule has 5 N–H and O–H groups in total. The van der Waals surface area contributed by atoms with Gasteiger partial charge in [0, 0.05) is 31.1 Å². The molecule has 2 amide bonds. The second-order valence-electron chi connectivity index (χ2n) is 7.39. The highest BCUT2D eigenvalue weighted by atomic mass is 19.1. The Morgan fingerprint density at radius 3 is 2.37 bits per heavy atom. The topological polar surface area (TPSA) is 109 Å². The summed E-state index contributed by atoms with van der Waals surface area (Å²) in [6.07, 6.45) is 1.88. The zero-order valence-corrected chi connectivity index (χ0v) is 16.9. The van der Waals surface area contributed by atoms with Gasteiger partial charge in [0.05, 0.1) is 6.54 Å². The van der Waals surface area contributed by atoms with Crippen molar-refractivity contribution >= 4 is 17.8 Å². The van der Waals surface area contributed by atoms with Crippen LogP contribution < -0.4 is 21.7 Å². The molecule has 0 aliphatic heterocycles. The van der Waals surface area contributed by atoms with Crippen LogP contribution in [0.2, 0.25) is 0 Å². The summed E-state index contributed by atoms with van der Waals surface area (Å²) in [5, 5.41) is 8.96. The maximum absolute atomic E-state index is 14.2. The Morgan fingerprint density at radius 1 is 1.07 bits per heavy atom. The van der Waals surface area contributed by atoms with Crippen molar-refractivity contribution in [3.05, 3.63) is 71.0 Å². The molecule has 1 aliphatic carbocycles. The number of primary amides is 1. The Kier molecular flexibility index (Phi) is 6.66. The summed E-state index contributed by atoms with van der Waals surface area (Å²) in [5.74, 6) is -0.486. The standard InChI is InChI=1S/C22H26FN5O2/c1-25-21(28-14-22(10-11-22)17-4-2-3-5-18(17)23)27-12-15-6-8-16(9-7-15)20(30)26-13-19(24)29/h2-9H,10-14H2,1H3,(H2,24,29)(H,26,30)(H2,25,27,28). The van der Waals surface area contributed by atoms with Crippen molar-refractivity contribution in [2.45, 2.75) is 24.8 Å². The third-order valence-corrected chi connectivity index (χ3v) is 5.22. The van der Waals surface area contributed by atoms with E-state index in [2.05, 4.69) is 20.9 Å². The number of hydrogen-bond acceptors (Lipinski definition) is 3. The Hall–Kier alpha value is -3.42. The van der Waals surface area contributed by atoms with E-state index in [-0.39, 0.29) is 23.7 Å². The molecule has 1 fully saturated rings. The normalized spacial score (nSPS) is 14.7. The van der Waals surface area contributed by atoms with Gasteiger partial charge in [-0.2, -0.15) is 0 Å². The van der Waals surface area contributed by atoms with Gasteiger partial charge in [-0.25, -0.2) is 4.39 Å². The van der Waals surface area contributed by atoms with Gasteiger partial charge >= 0.3 is 0 Å². The van der Waals surface area contributed by atoms with E-state index in [0.717, 1.165) is 24.0 Å². The maximum Gasteiger partial charge on any atom is 0.251 e. The molecule has 30 heavy (non-hydrogen) atoms. The summed E-state index contributed by atoms with van der Waals surface area (Å²) >= 11 is 0. The van der Waals surface area contributed by atoms with Crippen LogP contribution in [0.15, 0.2) is 53.5 Å². The molecule has 2 aromatic rings. The fourth-order valence-electron chi connectivity index (χ4n) is 3.29. The lowest BCUT2D eigenvalue weighted by Crippen LogP contribution is -2.41. The van der Waals surface area contributed by atoms with Gasteiger partial charge < -0.3 is 21.7 Å². The molecule has 0 aromatic heterocycles. The lowest BCUT2D eigenvalue weighted by molar-refractivity contribution is -0.117. The average Bonchev–Trinajstić information content (AvgIpc) is 3.53. The SMILES string of the molecule is CN=C(NCc1ccc(C(=O)NCC(N)=O)cc1)NCC1(c2ccccc2F)CC1. The van der Waals surface area contributed by atoms with Gasteiger partial charge in [0.25, 0.3) is 5.91 Å². The van der Waals surface area contributed by atoms with Crippen LogP contribution in [0.25, 0.3) is 0 Å². The van der Waals surface area contributed by atoms with Crippen LogP contribution in [0.1, 0.15) is 34.3 Å². The number of guanidine groups is 1. The van der Waals surface area contributed by atoms with E-state index in [1.165, 1.54) is 6.07 Å². The van der Waals surface area contributed by atoms with Crippen molar-refractivity contribution in [1.82, 2.24) is 16.0 Å². The van der Waals surface area contributed by atoms with Crippen LogP contribution >= 0.6 is 0 Å². The van der Waals surface area contributed by atoms with Crippen molar-refractivity contribution in [2.24, 2.45) is 10.7 Å². The number of benzene rings is 2. The molecule has 0 saturated heterocycles. The molecule has 3 rings (SSSR count). The number of aliphatic imine (C=N–C) groups is 1. The highest BCUT2D eigenvalue weighted by Gasteiger charge is 2.45. The van der Waals surface area contributed by atoms with Gasteiger partial charge in [-0.05, 0) is 42.2 Å². The van der Waals surface area contributed by atoms with Crippen molar-refractivity contribution in [3.8, 4) is 0 Å². The van der Waals surface area contributed by atoms with Crippen LogP contribution in [-0.2, 0) is 16.8 Å². The van der Waals surface area contributed by atoms with Crippen molar-refractivity contribution in [2.75, 3.05) is 20.1 Å². The summed E-state index contributed by atoms with van der Waals surface area (Å²) in [7, 11) is 1.68. The Morgan fingerprint density at radius 2 is 1.77 bits per heavy atom. The molecule has 0 atom stereocenters. The summed E-state index contributed by atoms with van der Waals surface area (Å²) < 4.78 is 14.2. The third kappa shape index (κ3) is 5.34. The lowest BCUT2D eigenvalue weighted by Gasteiger charge is -2.19. The second-order valence-corrected chi connectivity index (χ2v) is 7.39. The van der Waals surface area contributed by atoms with E-state index in [4.69, 9.17) is 5.73 Å². The van der Waals surface area contributed by atoms with Crippen molar-refractivity contribution in [1.29, 1.82) is 0 Å². The van der Waals surface area contributed by atoms with E-state index in [1.54, 1.807) is 25.2 Å². The van der Waals surface area contributed by atoms with Crippen molar-refractivity contribution < 1.29 is 14.0 Å². The number of amides is 2. The Balaban J connectivity index is 1.51. The number of halogens is 1. The molecule has 2 aromatic carbocycles. The third-order valence-electron chi connectivity index (χ3n) is 5.22. The van der Waals surface area contributed by atoms with Crippen LogP contribution in [-0.4, -0.2) is 37.9 Å². The predicted octanol–water partition coefficient (Wildman–Crippen LogP) is 1.44. The fourth-order valence-corrected chi connectivity index (χ4v) is 3.29. The first-order valence-corrected chi connectivity index (χ1v) is 9.78. The average molecular weight is 411 g/mol. The van der Waals surface area contributed by atoms with Crippen LogP contribution in [0.4, 0.5) is 4.39 Å². The molecule has 158 valence electrons. The number of nitrogens with zero attached hydrogens (tertiary/aromatic N) is 1. The molecule has 0 radical (unpaired) electrons. The molecule has 0 unspecified atom stereocenters. The minimum Gasteiger partial charge on any atom is -0.368 e. The second kappa shape index (κ2) is 9.39. The van der Waals surface area contributed by atoms with Crippen molar-refractivity contribution in [3.63, 3.8) is 0 Å². The molecule has 1 aliphatic rings. The Labute approximate surface area is 175 Å². The smallest absolute Gasteiger partial charge is 0.251 e. The van der Waals surface area contributed by atoms with E-state index in [1.807, 2.05) is 24.3 Å². The lowest BCUT2D eigenvalue weighted by atomic mass is 9.95. The van der Waals surface area contributed by atoms with E-state index >= 15 is 0 Å². The summed E-state index contributed by atoms with van der Waals surface area (Å²) in [5.41, 5.74) is 7.00. The minimum absolute atomic E-state index is 0.167. The van der Waals surface area contributed by atoms with E-state index < -0.39 is 5.91 Å². The van der Waals surface area contributed by atoms with Gasteiger partial charge in [0.1, 0.15) is 5.82 Å². The monoisotopic (exact) mass is 411 g/mol. The molecular weight excluding hydrogens is 385 g/mol. The van der Waals surface area contributed by atoms with E-state index in [9.17, 15) is 14.0 Å². The quantitative estimate of drug-likeness (QED) is 0.389. The number of hydrogen-bond donors (Lipinski definition) is 4. The zero-order chi connectivity index (χ0) is 21.6. The Bertz CT molecular complexity index is 939. The largest absolute Gasteiger partial charge is 0.368 e. The molecule has 1 saturated carbocycles. The highest BCUT2D eigenvalue weighted by Crippen LogP contribution is 2.48. The van der Waals surface area contributed by atoms with Gasteiger partial charge in [0.15, 0.2) is 5.96 Å². The molecule has 0 bridgehead atoms. The summed E-state index contributed by atoms with van der Waals surface area (Å²) in [4.78, 5) is 26.9. The first kappa shape index (κ1) is 21.3. The number of carbonyl (C=O) groups is 2. The first-order chi connectivity index (χ1) is 14.4. The fraction of sp³-hybridized carbons (Fsp3) is 0.318. The van der Waals surface area contributed by atoms with Gasteiger partial charge in [0.2, 0.25) is 5.91 Å². The molecule has 7 nitrogen and oxygen atoms in total. The van der Waals surface area contributed by atoms with E-state index in [0.29, 0.717) is 24.6 Å². The molecule has 0 spiro atoms. The highest BCUT2D eigenvalue weighted by molar-refractivity contribution is 5.96. The van der Waals surface area contributed by atoms with Crippen LogP contribution in [0.5, 0.6) is 0 Å². The molecular formula is C22H26FN5O2. The van der Waals surface area contributed by atoms with Gasteiger partial charge in [-0.1, -0.05) is 30.3 Å². The number of nitrogens with two attached hydrogens (primary N) is 1. The molecule has 8 heteroatoms. The summed E-state index contributed by atoms with van der Waals surface area (Å²) in [6.45, 7) is 0.917. The number of nitrogens with one attached hydrogen (secondary N) is 3. The predicted molar refractivity (Wildman–Crippen MR) is 113 cm³/mol. The number of rotatable bonds is 8. The van der Waals surface area contributed by atoms with Gasteiger partial charge in [-0.3, -0.25) is 14.6 Å². The number of carbonyl (C=O) groups excluding carboxylic acids is 2.